The second-order valence-electron chi connectivity index (χ2n) is 2.07. The van der Waals surface area contributed by atoms with Crippen LogP contribution in [0.2, 0.25) is 0 Å². The molecule has 0 aromatic carbocycles. The van der Waals surface area contributed by atoms with Crippen molar-refractivity contribution < 1.29 is 4.79 Å². The van der Waals surface area contributed by atoms with E-state index in [0.717, 1.165) is 0 Å². The fourth-order valence-corrected chi connectivity index (χ4v) is 0.707. The SMILES string of the molecule is CNC(=O)Cn1cc[nH]c1=O. The van der Waals surface area contributed by atoms with E-state index in [2.05, 4.69) is 10.3 Å². The predicted octanol–water partition coefficient (Wildman–Crippen LogP) is -1.08. The van der Waals surface area contributed by atoms with Gasteiger partial charge in [-0.3, -0.25) is 9.36 Å². The van der Waals surface area contributed by atoms with Gasteiger partial charge in [0.05, 0.1) is 0 Å². The Morgan fingerprint density at radius 1 is 1.82 bits per heavy atom. The quantitative estimate of drug-likeness (QED) is 0.570. The molecule has 1 amide bonds. The largest absolute Gasteiger partial charge is 0.358 e. The molecule has 0 atom stereocenters. The Balaban J connectivity index is 2.72. The van der Waals surface area contributed by atoms with Crippen LogP contribution in [0, 0.1) is 0 Å². The van der Waals surface area contributed by atoms with Crippen LogP contribution in [0.15, 0.2) is 17.2 Å². The summed E-state index contributed by atoms with van der Waals surface area (Å²) in [6.45, 7) is 0.0683. The van der Waals surface area contributed by atoms with Gasteiger partial charge in [0, 0.05) is 19.4 Å². The minimum atomic E-state index is -0.270. The Hall–Kier alpha value is -1.52. The second kappa shape index (κ2) is 3.05. The van der Waals surface area contributed by atoms with E-state index in [-0.39, 0.29) is 18.1 Å². The lowest BCUT2D eigenvalue weighted by Gasteiger charge is -1.97. The number of hydrogen-bond acceptors (Lipinski definition) is 2. The summed E-state index contributed by atoms with van der Waals surface area (Å²) in [5.41, 5.74) is -0.270. The van der Waals surface area contributed by atoms with E-state index < -0.39 is 0 Å². The van der Waals surface area contributed by atoms with E-state index in [0.29, 0.717) is 0 Å². The molecule has 11 heavy (non-hydrogen) atoms. The highest BCUT2D eigenvalue weighted by Crippen LogP contribution is 1.77. The molecule has 0 radical (unpaired) electrons. The molecule has 2 N–H and O–H groups in total. The summed E-state index contributed by atoms with van der Waals surface area (Å²) in [5, 5.41) is 2.42. The summed E-state index contributed by atoms with van der Waals surface area (Å²) in [4.78, 5) is 24.0. The molecule has 0 saturated carbocycles. The van der Waals surface area contributed by atoms with Crippen molar-refractivity contribution in [3.63, 3.8) is 0 Å². The van der Waals surface area contributed by atoms with E-state index in [1.165, 1.54) is 24.0 Å². The molecular weight excluding hydrogens is 146 g/mol. The minimum Gasteiger partial charge on any atom is -0.358 e. The molecular formula is C6H9N3O2. The molecule has 5 nitrogen and oxygen atoms in total. The highest BCUT2D eigenvalue weighted by Gasteiger charge is 2.00. The summed E-state index contributed by atoms with van der Waals surface area (Å²) in [5.74, 6) is -0.188. The standard InChI is InChI=1S/C6H9N3O2/c1-7-5(10)4-9-3-2-8-6(9)11/h2-3H,4H2,1H3,(H,7,10)(H,8,11). The maximum absolute atomic E-state index is 10.8. The molecule has 1 heterocycles. The average Bonchev–Trinajstić information content (AvgIpc) is 2.37. The number of rotatable bonds is 2. The van der Waals surface area contributed by atoms with Gasteiger partial charge in [-0.1, -0.05) is 0 Å². The van der Waals surface area contributed by atoms with Crippen molar-refractivity contribution in [2.75, 3.05) is 7.05 Å². The van der Waals surface area contributed by atoms with Gasteiger partial charge in [0.25, 0.3) is 0 Å². The van der Waals surface area contributed by atoms with E-state index in [1.54, 1.807) is 0 Å². The zero-order chi connectivity index (χ0) is 8.27. The molecule has 0 saturated heterocycles. The van der Waals surface area contributed by atoms with E-state index >= 15 is 0 Å². The van der Waals surface area contributed by atoms with Crippen molar-refractivity contribution >= 4 is 5.91 Å². The van der Waals surface area contributed by atoms with Crippen LogP contribution in [0.1, 0.15) is 0 Å². The molecule has 0 fully saturated rings. The molecule has 0 bridgehead atoms. The molecule has 0 aliphatic heterocycles. The third-order valence-corrected chi connectivity index (χ3v) is 1.31. The number of aromatic amines is 1. The number of likely N-dealkylation sites (N-methyl/N-ethyl adjacent to an activating group) is 1. The van der Waals surface area contributed by atoms with Gasteiger partial charge in [-0.15, -0.1) is 0 Å². The molecule has 0 unspecified atom stereocenters. The van der Waals surface area contributed by atoms with Crippen molar-refractivity contribution in [3.05, 3.63) is 22.9 Å². The van der Waals surface area contributed by atoms with Gasteiger partial charge in [0.2, 0.25) is 5.91 Å². The van der Waals surface area contributed by atoms with E-state index in [4.69, 9.17) is 0 Å². The lowest BCUT2D eigenvalue weighted by molar-refractivity contribution is -0.121. The smallest absolute Gasteiger partial charge is 0.325 e. The number of H-pyrrole nitrogens is 1. The molecule has 0 aliphatic carbocycles. The molecule has 1 aromatic heterocycles. The highest BCUT2D eigenvalue weighted by atomic mass is 16.2. The van der Waals surface area contributed by atoms with Crippen LogP contribution in [0.4, 0.5) is 0 Å². The monoisotopic (exact) mass is 155 g/mol. The van der Waals surface area contributed by atoms with Crippen molar-refractivity contribution in [2.45, 2.75) is 6.54 Å². The Labute approximate surface area is 63.0 Å². The topological polar surface area (TPSA) is 66.9 Å². The van der Waals surface area contributed by atoms with Crippen LogP contribution in [0.5, 0.6) is 0 Å². The number of nitrogens with zero attached hydrogens (tertiary/aromatic N) is 1. The number of carbonyl (C=O) groups excluding carboxylic acids is 1. The lowest BCUT2D eigenvalue weighted by Crippen LogP contribution is -2.28. The average molecular weight is 155 g/mol. The lowest BCUT2D eigenvalue weighted by atomic mass is 10.6. The number of hydrogen-bond donors (Lipinski definition) is 2. The molecule has 1 rings (SSSR count). The fraction of sp³-hybridized carbons (Fsp3) is 0.333. The first-order valence-electron chi connectivity index (χ1n) is 3.18. The number of aromatic nitrogens is 2. The number of carbonyl (C=O) groups is 1. The Morgan fingerprint density at radius 3 is 3.00 bits per heavy atom. The minimum absolute atomic E-state index is 0.0683. The van der Waals surface area contributed by atoms with Gasteiger partial charge in [0.15, 0.2) is 0 Å². The van der Waals surface area contributed by atoms with Crippen molar-refractivity contribution in [1.82, 2.24) is 14.9 Å². The van der Waals surface area contributed by atoms with Gasteiger partial charge in [-0.25, -0.2) is 4.79 Å². The summed E-state index contributed by atoms with van der Waals surface area (Å²) in [6.07, 6.45) is 3.02. The third kappa shape index (κ3) is 1.70. The van der Waals surface area contributed by atoms with Crippen LogP contribution in [0.25, 0.3) is 0 Å². The van der Waals surface area contributed by atoms with Gasteiger partial charge in [-0.2, -0.15) is 0 Å². The first-order chi connectivity index (χ1) is 5.24. The van der Waals surface area contributed by atoms with Crippen molar-refractivity contribution in [1.29, 1.82) is 0 Å². The van der Waals surface area contributed by atoms with Crippen molar-refractivity contribution in [2.24, 2.45) is 0 Å². The van der Waals surface area contributed by atoms with E-state index in [9.17, 15) is 9.59 Å². The molecule has 5 heteroatoms. The van der Waals surface area contributed by atoms with Gasteiger partial charge in [-0.05, 0) is 0 Å². The van der Waals surface area contributed by atoms with Crippen LogP contribution in [-0.4, -0.2) is 22.5 Å². The summed E-state index contributed by atoms with van der Waals surface area (Å²) < 4.78 is 1.29. The third-order valence-electron chi connectivity index (χ3n) is 1.31. The predicted molar refractivity (Wildman–Crippen MR) is 39.1 cm³/mol. The zero-order valence-corrected chi connectivity index (χ0v) is 6.13. The zero-order valence-electron chi connectivity index (χ0n) is 6.13. The Morgan fingerprint density at radius 2 is 2.55 bits per heavy atom. The van der Waals surface area contributed by atoms with E-state index in [1.807, 2.05) is 0 Å². The first kappa shape index (κ1) is 7.59. The maximum Gasteiger partial charge on any atom is 0.325 e. The van der Waals surface area contributed by atoms with Crippen LogP contribution in [0.3, 0.4) is 0 Å². The van der Waals surface area contributed by atoms with Crippen LogP contribution < -0.4 is 11.0 Å². The molecule has 60 valence electrons. The summed E-state index contributed by atoms with van der Waals surface area (Å²) >= 11 is 0. The van der Waals surface area contributed by atoms with Gasteiger partial charge in [0.1, 0.15) is 6.54 Å². The van der Waals surface area contributed by atoms with Gasteiger partial charge >= 0.3 is 5.69 Å². The normalized spacial score (nSPS) is 9.55. The number of amides is 1. The van der Waals surface area contributed by atoms with Crippen molar-refractivity contribution in [3.8, 4) is 0 Å². The Bertz CT molecular complexity index is 299. The Kier molecular flexibility index (Phi) is 2.10. The first-order valence-corrected chi connectivity index (χ1v) is 3.18. The van der Waals surface area contributed by atoms with Crippen LogP contribution in [-0.2, 0) is 11.3 Å². The fourth-order valence-electron chi connectivity index (χ4n) is 0.707. The molecule has 0 spiro atoms. The highest BCUT2D eigenvalue weighted by molar-refractivity contribution is 5.75. The summed E-state index contributed by atoms with van der Waals surface area (Å²) in [7, 11) is 1.53. The summed E-state index contributed by atoms with van der Waals surface area (Å²) in [6, 6.07) is 0. The number of imidazole rings is 1. The molecule has 1 aromatic rings. The number of nitrogens with one attached hydrogen (secondary N) is 2. The van der Waals surface area contributed by atoms with Crippen LogP contribution >= 0.6 is 0 Å². The second-order valence-corrected chi connectivity index (χ2v) is 2.07. The van der Waals surface area contributed by atoms with Gasteiger partial charge < -0.3 is 10.3 Å². The molecule has 0 aliphatic rings. The maximum atomic E-state index is 10.8.